The van der Waals surface area contributed by atoms with Crippen LogP contribution in [-0.2, 0) is 4.79 Å². The highest BCUT2D eigenvalue weighted by Gasteiger charge is 2.49. The summed E-state index contributed by atoms with van der Waals surface area (Å²) in [5.74, 6) is -0.444. The first-order valence-corrected chi connectivity index (χ1v) is 6.81. The van der Waals surface area contributed by atoms with E-state index in [9.17, 15) is 19.5 Å². The molecular weight excluding hydrogens is 260 g/mol. The lowest BCUT2D eigenvalue weighted by atomic mass is 10.2. The SMILES string of the molecule is CSCC[C@H](C(=O)O)N1C(=O)N[C@@H]2NC(=O)N[C@@H]21. The third kappa shape index (κ3) is 2.17. The van der Waals surface area contributed by atoms with Gasteiger partial charge in [0.05, 0.1) is 0 Å². The molecule has 0 saturated carbocycles. The Morgan fingerprint density at radius 2 is 2.17 bits per heavy atom. The lowest BCUT2D eigenvalue weighted by Crippen LogP contribution is -2.52. The Balaban J connectivity index is 2.15. The zero-order valence-corrected chi connectivity index (χ0v) is 10.5. The lowest BCUT2D eigenvalue weighted by molar-refractivity contribution is -0.142. The van der Waals surface area contributed by atoms with Crippen molar-refractivity contribution in [1.29, 1.82) is 0 Å². The number of amides is 4. The van der Waals surface area contributed by atoms with Crippen molar-refractivity contribution in [3.8, 4) is 0 Å². The van der Waals surface area contributed by atoms with Gasteiger partial charge < -0.3 is 21.1 Å². The fourth-order valence-electron chi connectivity index (χ4n) is 2.10. The number of urea groups is 2. The van der Waals surface area contributed by atoms with Crippen molar-refractivity contribution >= 4 is 29.8 Å². The van der Waals surface area contributed by atoms with Crippen LogP contribution in [0.1, 0.15) is 6.42 Å². The van der Waals surface area contributed by atoms with E-state index >= 15 is 0 Å². The maximum absolute atomic E-state index is 11.8. The molecule has 100 valence electrons. The standard InChI is InChI=1S/C9H14N4O4S/c1-18-3-2-4(7(14)15)13-6-5(11-9(13)17)10-8(16)12-6/h4-6H,2-3H2,1H3,(H,11,17)(H,14,15)(H2,10,12,16)/t4-,5+,6-/m1/s1. The molecular formula is C9H14N4O4S. The minimum atomic E-state index is -1.07. The molecule has 2 aliphatic rings. The third-order valence-electron chi connectivity index (χ3n) is 2.91. The van der Waals surface area contributed by atoms with E-state index in [1.165, 1.54) is 16.7 Å². The number of hydrogen-bond acceptors (Lipinski definition) is 4. The van der Waals surface area contributed by atoms with E-state index in [0.29, 0.717) is 12.2 Å². The van der Waals surface area contributed by atoms with Gasteiger partial charge in [0.2, 0.25) is 0 Å². The van der Waals surface area contributed by atoms with Gasteiger partial charge in [-0.25, -0.2) is 14.4 Å². The second-order valence-corrected chi connectivity index (χ2v) is 5.02. The number of carbonyl (C=O) groups excluding carboxylic acids is 2. The van der Waals surface area contributed by atoms with Crippen molar-refractivity contribution in [2.45, 2.75) is 24.8 Å². The number of hydrogen-bond donors (Lipinski definition) is 4. The van der Waals surface area contributed by atoms with Crippen molar-refractivity contribution < 1.29 is 19.5 Å². The van der Waals surface area contributed by atoms with Gasteiger partial charge in [-0.1, -0.05) is 0 Å². The quantitative estimate of drug-likeness (QED) is 0.523. The number of carboxylic acids is 1. The summed E-state index contributed by atoms with van der Waals surface area (Å²) in [4.78, 5) is 35.3. The zero-order valence-electron chi connectivity index (χ0n) is 9.67. The molecule has 0 aromatic rings. The molecule has 0 aromatic carbocycles. The maximum Gasteiger partial charge on any atom is 0.326 e. The summed E-state index contributed by atoms with van der Waals surface area (Å²) in [6.07, 6.45) is 0.988. The summed E-state index contributed by atoms with van der Waals surface area (Å²) in [7, 11) is 0. The van der Waals surface area contributed by atoms with Crippen molar-refractivity contribution in [3.05, 3.63) is 0 Å². The predicted molar refractivity (Wildman–Crippen MR) is 64.0 cm³/mol. The van der Waals surface area contributed by atoms with Gasteiger partial charge in [-0.3, -0.25) is 4.90 Å². The molecule has 4 N–H and O–H groups in total. The van der Waals surface area contributed by atoms with Gasteiger partial charge in [-0.15, -0.1) is 0 Å². The van der Waals surface area contributed by atoms with E-state index in [1.807, 2.05) is 6.26 Å². The summed E-state index contributed by atoms with van der Waals surface area (Å²) in [5, 5.41) is 16.8. The van der Waals surface area contributed by atoms with Crippen LogP contribution in [-0.4, -0.2) is 58.4 Å². The van der Waals surface area contributed by atoms with Crippen LogP contribution in [0.15, 0.2) is 0 Å². The fraction of sp³-hybridized carbons (Fsp3) is 0.667. The molecule has 0 spiro atoms. The highest BCUT2D eigenvalue weighted by Crippen LogP contribution is 2.20. The second-order valence-electron chi connectivity index (χ2n) is 4.03. The molecule has 18 heavy (non-hydrogen) atoms. The molecule has 0 radical (unpaired) electrons. The Bertz CT molecular complexity index is 391. The molecule has 2 saturated heterocycles. The number of thioether (sulfide) groups is 1. The second kappa shape index (κ2) is 4.92. The van der Waals surface area contributed by atoms with Gasteiger partial charge in [0.15, 0.2) is 0 Å². The van der Waals surface area contributed by atoms with Crippen LogP contribution in [0.2, 0.25) is 0 Å². The van der Waals surface area contributed by atoms with Crippen LogP contribution in [0, 0.1) is 0 Å². The maximum atomic E-state index is 11.8. The number of aliphatic carboxylic acids is 1. The number of carbonyl (C=O) groups is 3. The summed E-state index contributed by atoms with van der Waals surface area (Å²) < 4.78 is 0. The molecule has 0 bridgehead atoms. The van der Waals surface area contributed by atoms with Gasteiger partial charge in [0, 0.05) is 0 Å². The van der Waals surface area contributed by atoms with E-state index in [-0.39, 0.29) is 0 Å². The van der Waals surface area contributed by atoms with Crippen LogP contribution in [0.5, 0.6) is 0 Å². The van der Waals surface area contributed by atoms with Crippen LogP contribution in [0.4, 0.5) is 9.59 Å². The summed E-state index contributed by atoms with van der Waals surface area (Å²) in [5.41, 5.74) is 0. The number of fused-ring (bicyclic) bond motifs is 1. The molecule has 9 heteroatoms. The largest absolute Gasteiger partial charge is 0.480 e. The first-order valence-electron chi connectivity index (χ1n) is 5.42. The highest BCUT2D eigenvalue weighted by molar-refractivity contribution is 7.98. The van der Waals surface area contributed by atoms with Gasteiger partial charge in [0.1, 0.15) is 18.4 Å². The Kier molecular flexibility index (Phi) is 3.50. The smallest absolute Gasteiger partial charge is 0.326 e. The molecule has 2 aliphatic heterocycles. The average molecular weight is 274 g/mol. The first-order chi connectivity index (χ1) is 8.54. The van der Waals surface area contributed by atoms with Crippen molar-refractivity contribution in [3.63, 3.8) is 0 Å². The van der Waals surface area contributed by atoms with Gasteiger partial charge in [-0.05, 0) is 18.4 Å². The van der Waals surface area contributed by atoms with Crippen molar-refractivity contribution in [2.24, 2.45) is 0 Å². The predicted octanol–water partition coefficient (Wildman–Crippen LogP) is -0.817. The van der Waals surface area contributed by atoms with Gasteiger partial charge in [-0.2, -0.15) is 11.8 Å². The number of rotatable bonds is 5. The Morgan fingerprint density at radius 1 is 1.44 bits per heavy atom. The molecule has 4 amide bonds. The zero-order chi connectivity index (χ0) is 13.3. The number of nitrogens with zero attached hydrogens (tertiary/aromatic N) is 1. The Labute approximate surface area is 107 Å². The van der Waals surface area contributed by atoms with Crippen LogP contribution in [0.3, 0.4) is 0 Å². The molecule has 2 heterocycles. The van der Waals surface area contributed by atoms with E-state index in [0.717, 1.165) is 0 Å². The summed E-state index contributed by atoms with van der Waals surface area (Å²) in [6.45, 7) is 0. The molecule has 0 unspecified atom stereocenters. The Hall–Kier alpha value is -1.64. The van der Waals surface area contributed by atoms with E-state index in [2.05, 4.69) is 16.0 Å². The molecule has 2 fully saturated rings. The topological polar surface area (TPSA) is 111 Å². The van der Waals surface area contributed by atoms with Crippen LogP contribution < -0.4 is 16.0 Å². The highest BCUT2D eigenvalue weighted by atomic mass is 32.2. The normalized spacial score (nSPS) is 27.3. The van der Waals surface area contributed by atoms with E-state index in [4.69, 9.17) is 0 Å². The molecule has 2 rings (SSSR count). The Morgan fingerprint density at radius 3 is 2.78 bits per heavy atom. The summed E-state index contributed by atoms with van der Waals surface area (Å²) >= 11 is 1.51. The monoisotopic (exact) mass is 274 g/mol. The minimum absolute atomic E-state index is 0.336. The molecule has 0 aromatic heterocycles. The van der Waals surface area contributed by atoms with Gasteiger partial charge >= 0.3 is 18.0 Å². The summed E-state index contributed by atoms with van der Waals surface area (Å²) in [6, 6.07) is -1.83. The average Bonchev–Trinajstić information content (AvgIpc) is 2.76. The van der Waals surface area contributed by atoms with Crippen molar-refractivity contribution in [1.82, 2.24) is 20.9 Å². The molecule has 0 aliphatic carbocycles. The van der Waals surface area contributed by atoms with Crippen molar-refractivity contribution in [2.75, 3.05) is 12.0 Å². The lowest BCUT2D eigenvalue weighted by Gasteiger charge is -2.27. The molecule has 8 nitrogen and oxygen atoms in total. The fourth-order valence-corrected chi connectivity index (χ4v) is 2.56. The molecule has 3 atom stereocenters. The van der Waals surface area contributed by atoms with Crippen LogP contribution in [0.25, 0.3) is 0 Å². The van der Waals surface area contributed by atoms with E-state index in [1.54, 1.807) is 0 Å². The van der Waals surface area contributed by atoms with Gasteiger partial charge in [0.25, 0.3) is 0 Å². The third-order valence-corrected chi connectivity index (χ3v) is 3.55. The van der Waals surface area contributed by atoms with E-state index < -0.39 is 36.4 Å². The minimum Gasteiger partial charge on any atom is -0.480 e. The number of nitrogens with one attached hydrogen (secondary N) is 3. The first kappa shape index (κ1) is 12.8. The number of carboxylic acid groups (broad SMARTS) is 1. The van der Waals surface area contributed by atoms with Crippen LogP contribution >= 0.6 is 11.8 Å².